The molecule has 5 heteroatoms. The molecule has 1 aliphatic rings. The Labute approximate surface area is 163 Å². The number of ether oxygens (including phenoxy) is 4. The van der Waals surface area contributed by atoms with Gasteiger partial charge in [0, 0.05) is 0 Å². The molecule has 0 aromatic rings. The minimum Gasteiger partial charge on any atom is -0.493 e. The van der Waals surface area contributed by atoms with E-state index < -0.39 is 5.97 Å². The number of epoxide rings is 1. The second-order valence-corrected chi connectivity index (χ2v) is 6.96. The monoisotopic (exact) mass is 376 g/mol. The van der Waals surface area contributed by atoms with Gasteiger partial charge in [-0.05, 0) is 44.8 Å². The Morgan fingerprint density at radius 1 is 1.11 bits per heavy atom. The van der Waals surface area contributed by atoms with Gasteiger partial charge >= 0.3 is 5.97 Å². The van der Waals surface area contributed by atoms with Crippen molar-refractivity contribution in [3.05, 3.63) is 59.6 Å². The molecule has 0 saturated carbocycles. The molecule has 0 unspecified atom stereocenters. The van der Waals surface area contributed by atoms with Gasteiger partial charge < -0.3 is 18.9 Å². The van der Waals surface area contributed by atoms with E-state index in [1.54, 1.807) is 0 Å². The van der Waals surface area contributed by atoms with E-state index in [9.17, 15) is 4.79 Å². The van der Waals surface area contributed by atoms with Crippen LogP contribution in [0.15, 0.2) is 59.6 Å². The topological polar surface area (TPSA) is 57.3 Å². The zero-order valence-electron chi connectivity index (χ0n) is 17.5. The first kappa shape index (κ1) is 22.8. The second-order valence-electron chi connectivity index (χ2n) is 6.96. The fourth-order valence-corrected chi connectivity index (χ4v) is 2.80. The van der Waals surface area contributed by atoms with Crippen LogP contribution in [0.5, 0.6) is 0 Å². The van der Waals surface area contributed by atoms with Crippen molar-refractivity contribution >= 4 is 5.97 Å². The Kier molecular flexibility index (Phi) is 8.57. The summed E-state index contributed by atoms with van der Waals surface area (Å²) in [4.78, 5) is 11.4. The lowest BCUT2D eigenvalue weighted by atomic mass is 9.89. The minimum atomic E-state index is -0.505. The smallest absolute Gasteiger partial charge is 0.334 e. The SMILES string of the molecule is C=C[C@@H]1O[C@]1(C)C[C@H](C)/C(C)=C/C=C(C)\C=C(OC)\C(=C/C(=O)OC)OC. The van der Waals surface area contributed by atoms with Crippen molar-refractivity contribution in [1.29, 1.82) is 0 Å². The predicted molar refractivity (Wildman–Crippen MR) is 107 cm³/mol. The van der Waals surface area contributed by atoms with Gasteiger partial charge in [-0.1, -0.05) is 30.7 Å². The average Bonchev–Trinajstić information content (AvgIpc) is 3.31. The van der Waals surface area contributed by atoms with Crippen molar-refractivity contribution in [3.8, 4) is 0 Å². The summed E-state index contributed by atoms with van der Waals surface area (Å²) in [5.41, 5.74) is 2.13. The molecule has 0 radical (unpaired) electrons. The van der Waals surface area contributed by atoms with E-state index >= 15 is 0 Å². The number of carbonyl (C=O) groups is 1. The lowest BCUT2D eigenvalue weighted by Crippen LogP contribution is -2.14. The van der Waals surface area contributed by atoms with Crippen LogP contribution in [0.3, 0.4) is 0 Å². The average molecular weight is 376 g/mol. The highest BCUT2D eigenvalue weighted by molar-refractivity contribution is 5.83. The number of hydrogen-bond acceptors (Lipinski definition) is 5. The van der Waals surface area contributed by atoms with Gasteiger partial charge in [0.25, 0.3) is 0 Å². The van der Waals surface area contributed by atoms with Crippen LogP contribution in [-0.4, -0.2) is 39.0 Å². The molecule has 5 nitrogen and oxygen atoms in total. The number of hydrogen-bond donors (Lipinski definition) is 0. The van der Waals surface area contributed by atoms with Crippen molar-refractivity contribution in [2.75, 3.05) is 21.3 Å². The molecule has 0 amide bonds. The van der Waals surface area contributed by atoms with Crippen LogP contribution >= 0.6 is 0 Å². The van der Waals surface area contributed by atoms with Crippen LogP contribution in [0, 0.1) is 5.92 Å². The van der Waals surface area contributed by atoms with Crippen LogP contribution in [-0.2, 0) is 23.7 Å². The van der Waals surface area contributed by atoms with Crippen molar-refractivity contribution in [2.45, 2.75) is 45.8 Å². The molecule has 0 bridgehead atoms. The third kappa shape index (κ3) is 6.75. The Bertz CT molecular complexity index is 668. The van der Waals surface area contributed by atoms with Crippen LogP contribution in [0.25, 0.3) is 0 Å². The van der Waals surface area contributed by atoms with E-state index in [-0.39, 0.29) is 11.7 Å². The fraction of sp³-hybridized carbons (Fsp3) is 0.500. The van der Waals surface area contributed by atoms with E-state index in [2.05, 4.69) is 38.2 Å². The first-order valence-corrected chi connectivity index (χ1v) is 8.95. The van der Waals surface area contributed by atoms with Crippen LogP contribution in [0.2, 0.25) is 0 Å². The minimum absolute atomic E-state index is 0.0931. The van der Waals surface area contributed by atoms with Gasteiger partial charge in [-0.15, -0.1) is 6.58 Å². The molecule has 0 aromatic carbocycles. The molecule has 1 rings (SSSR count). The predicted octanol–water partition coefficient (Wildman–Crippen LogP) is 4.48. The van der Waals surface area contributed by atoms with Gasteiger partial charge in [-0.2, -0.15) is 0 Å². The summed E-state index contributed by atoms with van der Waals surface area (Å²) < 4.78 is 20.9. The van der Waals surface area contributed by atoms with Crippen molar-refractivity contribution in [3.63, 3.8) is 0 Å². The standard InChI is InChI=1S/C22H32O5/c1-9-20-22(5,27-20)14-17(4)16(3)11-10-15(2)12-18(24-6)19(25-7)13-21(23)26-8/h9-13,17,20H,1,14H2,2-8H3/b15-10-,16-11+,18-12-,19-13+/t17-,20-,22+/m0/s1. The second kappa shape index (κ2) is 10.2. The van der Waals surface area contributed by atoms with Gasteiger partial charge in [0.1, 0.15) is 6.10 Å². The molecular formula is C22H32O5. The largest absolute Gasteiger partial charge is 0.493 e. The summed E-state index contributed by atoms with van der Waals surface area (Å²) in [5.74, 6) is 0.641. The number of esters is 1. The molecule has 1 aliphatic heterocycles. The van der Waals surface area contributed by atoms with E-state index in [0.717, 1.165) is 12.0 Å². The van der Waals surface area contributed by atoms with Gasteiger partial charge in [0.15, 0.2) is 11.5 Å². The molecule has 150 valence electrons. The van der Waals surface area contributed by atoms with E-state index in [1.165, 1.54) is 33.0 Å². The number of rotatable bonds is 10. The van der Waals surface area contributed by atoms with Gasteiger partial charge in [-0.3, -0.25) is 0 Å². The van der Waals surface area contributed by atoms with Crippen molar-refractivity contribution < 1.29 is 23.7 Å². The molecule has 1 saturated heterocycles. The summed E-state index contributed by atoms with van der Waals surface area (Å²) in [5, 5.41) is 0. The number of allylic oxidation sites excluding steroid dienone is 5. The first-order chi connectivity index (χ1) is 12.7. The fourth-order valence-electron chi connectivity index (χ4n) is 2.80. The highest BCUT2D eigenvalue weighted by Crippen LogP contribution is 2.43. The summed E-state index contributed by atoms with van der Waals surface area (Å²) in [6.45, 7) is 12.2. The van der Waals surface area contributed by atoms with Gasteiger partial charge in [-0.25, -0.2) is 4.79 Å². The lowest BCUT2D eigenvalue weighted by Gasteiger charge is -2.15. The van der Waals surface area contributed by atoms with Crippen LogP contribution in [0.1, 0.15) is 34.1 Å². The number of carbonyl (C=O) groups excluding carboxylic acids is 1. The van der Waals surface area contributed by atoms with E-state index in [4.69, 9.17) is 14.2 Å². The van der Waals surface area contributed by atoms with Gasteiger partial charge in [0.2, 0.25) is 0 Å². The molecule has 3 atom stereocenters. The zero-order valence-corrected chi connectivity index (χ0v) is 17.5. The normalized spacial score (nSPS) is 24.9. The summed E-state index contributed by atoms with van der Waals surface area (Å²) in [6, 6.07) is 0. The molecule has 1 fully saturated rings. The highest BCUT2D eigenvalue weighted by Gasteiger charge is 2.50. The van der Waals surface area contributed by atoms with Crippen molar-refractivity contribution in [2.24, 2.45) is 5.92 Å². The maximum absolute atomic E-state index is 11.4. The van der Waals surface area contributed by atoms with Crippen molar-refractivity contribution in [1.82, 2.24) is 0 Å². The Morgan fingerprint density at radius 3 is 2.19 bits per heavy atom. The maximum atomic E-state index is 11.4. The molecule has 27 heavy (non-hydrogen) atoms. The molecule has 0 aromatic heterocycles. The quantitative estimate of drug-likeness (QED) is 0.140. The molecule has 0 aliphatic carbocycles. The third-order valence-corrected chi connectivity index (χ3v) is 4.74. The zero-order chi connectivity index (χ0) is 20.6. The number of methoxy groups -OCH3 is 3. The summed E-state index contributed by atoms with van der Waals surface area (Å²) >= 11 is 0. The van der Waals surface area contributed by atoms with Gasteiger partial charge in [0.05, 0.1) is 33.0 Å². The molecule has 0 N–H and O–H groups in total. The molecule has 0 spiro atoms. The molecule has 1 heterocycles. The first-order valence-electron chi connectivity index (χ1n) is 8.95. The third-order valence-electron chi connectivity index (χ3n) is 4.74. The molecular weight excluding hydrogens is 344 g/mol. The lowest BCUT2D eigenvalue weighted by molar-refractivity contribution is -0.135. The summed E-state index contributed by atoms with van der Waals surface area (Å²) in [7, 11) is 4.31. The maximum Gasteiger partial charge on any atom is 0.334 e. The van der Waals surface area contributed by atoms with E-state index in [0.29, 0.717) is 17.4 Å². The van der Waals surface area contributed by atoms with E-state index in [1.807, 2.05) is 25.2 Å². The van der Waals surface area contributed by atoms with Crippen LogP contribution < -0.4 is 0 Å². The Balaban J connectivity index is 2.87. The summed E-state index contributed by atoms with van der Waals surface area (Å²) in [6.07, 6.45) is 10.1. The Hall–Kier alpha value is -2.27. The highest BCUT2D eigenvalue weighted by atomic mass is 16.6. The Morgan fingerprint density at radius 2 is 1.70 bits per heavy atom. The van der Waals surface area contributed by atoms with Crippen LogP contribution in [0.4, 0.5) is 0 Å².